The second kappa shape index (κ2) is 6.89. The molecule has 22 heavy (non-hydrogen) atoms. The maximum absolute atomic E-state index is 12.3. The third kappa shape index (κ3) is 4.15. The van der Waals surface area contributed by atoms with Crippen LogP contribution < -0.4 is 0 Å². The molecule has 1 amide bonds. The minimum Gasteiger partial charge on any atom is -0.467 e. The molecule has 2 heterocycles. The van der Waals surface area contributed by atoms with Gasteiger partial charge in [-0.3, -0.25) is 9.89 Å². The van der Waals surface area contributed by atoms with Crippen LogP contribution in [0.4, 0.5) is 4.79 Å². The van der Waals surface area contributed by atoms with Crippen LogP contribution in [0.1, 0.15) is 40.0 Å². The first kappa shape index (κ1) is 17.1. The molecule has 1 unspecified atom stereocenters. The second-order valence-electron chi connectivity index (χ2n) is 6.48. The molecule has 0 aromatic heterocycles. The Hall–Kier alpha value is -1.24. The van der Waals surface area contributed by atoms with Gasteiger partial charge in [0.1, 0.15) is 11.6 Å². The number of carbonyl (C=O) groups is 2. The van der Waals surface area contributed by atoms with Crippen molar-refractivity contribution in [1.29, 1.82) is 0 Å². The van der Waals surface area contributed by atoms with Crippen LogP contribution in [0.5, 0.6) is 0 Å². The van der Waals surface area contributed by atoms with E-state index < -0.39 is 11.6 Å². The molecular formula is C15H24N2O4S. The van der Waals surface area contributed by atoms with Gasteiger partial charge in [0.25, 0.3) is 0 Å². The predicted molar refractivity (Wildman–Crippen MR) is 86.3 cm³/mol. The van der Waals surface area contributed by atoms with Crippen molar-refractivity contribution in [2.24, 2.45) is 4.99 Å². The standard InChI is InChI=1S/C15H24N2O4S/c1-15(2,3)21-14(19)17-8-5-6-11(17)12-16-10(7-9-22-12)13(18)20-4/h10-11H,5-9H2,1-4H3/t10-,11?/m0/s1. The van der Waals surface area contributed by atoms with Gasteiger partial charge in [-0.15, -0.1) is 11.8 Å². The molecule has 124 valence electrons. The molecule has 1 saturated heterocycles. The third-order valence-electron chi connectivity index (χ3n) is 3.56. The first-order valence-corrected chi connectivity index (χ1v) is 8.58. The van der Waals surface area contributed by atoms with Crippen molar-refractivity contribution in [2.75, 3.05) is 19.4 Å². The van der Waals surface area contributed by atoms with Gasteiger partial charge in [0.2, 0.25) is 0 Å². The number of ether oxygens (including phenoxy) is 2. The third-order valence-corrected chi connectivity index (χ3v) is 4.68. The number of esters is 1. The summed E-state index contributed by atoms with van der Waals surface area (Å²) >= 11 is 1.62. The molecule has 0 radical (unpaired) electrons. The van der Waals surface area contributed by atoms with Crippen molar-refractivity contribution in [3.05, 3.63) is 0 Å². The monoisotopic (exact) mass is 328 g/mol. The summed E-state index contributed by atoms with van der Waals surface area (Å²) in [7, 11) is 1.38. The van der Waals surface area contributed by atoms with E-state index in [9.17, 15) is 9.59 Å². The Labute approximate surface area is 135 Å². The summed E-state index contributed by atoms with van der Waals surface area (Å²) < 4.78 is 10.2. The van der Waals surface area contributed by atoms with Crippen molar-refractivity contribution in [2.45, 2.75) is 57.7 Å². The van der Waals surface area contributed by atoms with Crippen molar-refractivity contribution in [3.8, 4) is 0 Å². The molecule has 0 aromatic carbocycles. The fourth-order valence-corrected chi connectivity index (χ4v) is 3.77. The van der Waals surface area contributed by atoms with Gasteiger partial charge in [-0.05, 0) is 40.0 Å². The van der Waals surface area contributed by atoms with Crippen molar-refractivity contribution in [3.63, 3.8) is 0 Å². The zero-order valence-electron chi connectivity index (χ0n) is 13.6. The molecule has 0 aromatic rings. The number of methoxy groups -OCH3 is 1. The predicted octanol–water partition coefficient (Wildman–Crippen LogP) is 2.46. The topological polar surface area (TPSA) is 68.2 Å². The van der Waals surface area contributed by atoms with Crippen molar-refractivity contribution >= 4 is 28.9 Å². The number of hydrogen-bond acceptors (Lipinski definition) is 6. The van der Waals surface area contributed by atoms with E-state index in [1.54, 1.807) is 16.7 Å². The van der Waals surface area contributed by atoms with E-state index in [1.165, 1.54) is 7.11 Å². The molecule has 1 fully saturated rings. The Morgan fingerprint density at radius 3 is 2.68 bits per heavy atom. The summed E-state index contributed by atoms with van der Waals surface area (Å²) in [6.45, 7) is 6.24. The summed E-state index contributed by atoms with van der Waals surface area (Å²) in [5, 5.41) is 0.852. The Balaban J connectivity index is 2.11. The fourth-order valence-electron chi connectivity index (χ4n) is 2.58. The number of likely N-dealkylation sites (tertiary alicyclic amines) is 1. The van der Waals surface area contributed by atoms with Crippen LogP contribution in [0.25, 0.3) is 0 Å². The molecule has 7 heteroatoms. The van der Waals surface area contributed by atoms with Crippen LogP contribution in [0.2, 0.25) is 0 Å². The Morgan fingerprint density at radius 1 is 1.32 bits per heavy atom. The van der Waals surface area contributed by atoms with E-state index in [4.69, 9.17) is 9.47 Å². The largest absolute Gasteiger partial charge is 0.467 e. The molecule has 0 aliphatic carbocycles. The Morgan fingerprint density at radius 2 is 2.05 bits per heavy atom. The van der Waals surface area contributed by atoms with Crippen LogP contribution in [-0.4, -0.2) is 59.1 Å². The first-order valence-electron chi connectivity index (χ1n) is 7.60. The average molecular weight is 328 g/mol. The van der Waals surface area contributed by atoms with Crippen molar-refractivity contribution in [1.82, 2.24) is 4.90 Å². The van der Waals surface area contributed by atoms with Crippen LogP contribution in [0.15, 0.2) is 4.99 Å². The molecule has 0 N–H and O–H groups in total. The number of thioether (sulfide) groups is 1. The van der Waals surface area contributed by atoms with E-state index in [0.717, 1.165) is 23.6 Å². The number of nitrogens with zero attached hydrogens (tertiary/aromatic N) is 2. The van der Waals surface area contributed by atoms with Gasteiger partial charge in [-0.25, -0.2) is 9.59 Å². The molecule has 0 bridgehead atoms. The van der Waals surface area contributed by atoms with Crippen LogP contribution in [0.3, 0.4) is 0 Å². The van der Waals surface area contributed by atoms with E-state index >= 15 is 0 Å². The summed E-state index contributed by atoms with van der Waals surface area (Å²) in [4.78, 5) is 30.3. The van der Waals surface area contributed by atoms with Crippen LogP contribution >= 0.6 is 11.8 Å². The number of amides is 1. The van der Waals surface area contributed by atoms with Gasteiger partial charge in [-0.2, -0.15) is 0 Å². The maximum Gasteiger partial charge on any atom is 0.410 e. The summed E-state index contributed by atoms with van der Waals surface area (Å²) in [6.07, 6.45) is 2.16. The molecular weight excluding hydrogens is 304 g/mol. The molecule has 0 spiro atoms. The Bertz CT molecular complexity index is 473. The summed E-state index contributed by atoms with van der Waals surface area (Å²) in [5.74, 6) is 0.511. The maximum atomic E-state index is 12.3. The highest BCUT2D eigenvalue weighted by atomic mass is 32.2. The molecule has 2 aliphatic heterocycles. The first-order chi connectivity index (χ1) is 10.3. The van der Waals surface area contributed by atoms with Crippen LogP contribution in [-0.2, 0) is 14.3 Å². The second-order valence-corrected chi connectivity index (χ2v) is 7.59. The highest BCUT2D eigenvalue weighted by Crippen LogP contribution is 2.29. The highest BCUT2D eigenvalue weighted by molar-refractivity contribution is 8.14. The molecule has 6 nitrogen and oxygen atoms in total. The van der Waals surface area contributed by atoms with Gasteiger partial charge in [-0.1, -0.05) is 0 Å². The van der Waals surface area contributed by atoms with Crippen LogP contribution in [0, 0.1) is 0 Å². The number of carbonyl (C=O) groups excluding carboxylic acids is 2. The van der Waals surface area contributed by atoms with Gasteiger partial charge in [0.15, 0.2) is 0 Å². The summed E-state index contributed by atoms with van der Waals surface area (Å²) in [6, 6.07) is -0.519. The minimum atomic E-state index is -0.514. The number of rotatable bonds is 2. The normalized spacial score (nSPS) is 25.6. The van der Waals surface area contributed by atoms with E-state index in [-0.39, 0.29) is 18.1 Å². The molecule has 2 atom stereocenters. The quantitative estimate of drug-likeness (QED) is 0.728. The lowest BCUT2D eigenvalue weighted by Crippen LogP contribution is -2.44. The minimum absolute atomic E-state index is 0.0766. The lowest BCUT2D eigenvalue weighted by atomic mass is 10.2. The highest BCUT2D eigenvalue weighted by Gasteiger charge is 2.37. The zero-order valence-corrected chi connectivity index (χ0v) is 14.4. The van der Waals surface area contributed by atoms with Gasteiger partial charge in [0, 0.05) is 12.3 Å². The zero-order chi connectivity index (χ0) is 16.3. The van der Waals surface area contributed by atoms with Gasteiger partial charge in [0.05, 0.1) is 18.2 Å². The van der Waals surface area contributed by atoms with E-state index in [1.807, 2.05) is 20.8 Å². The van der Waals surface area contributed by atoms with E-state index in [2.05, 4.69) is 4.99 Å². The molecule has 2 rings (SSSR count). The lowest BCUT2D eigenvalue weighted by molar-refractivity contribution is -0.142. The SMILES string of the molecule is COC(=O)[C@@H]1CCSC(C2CCCN2C(=O)OC(C)(C)C)=N1. The molecule has 2 aliphatic rings. The Kier molecular flexibility index (Phi) is 5.36. The number of hydrogen-bond donors (Lipinski definition) is 0. The van der Waals surface area contributed by atoms with Gasteiger partial charge < -0.3 is 9.47 Å². The van der Waals surface area contributed by atoms with Crippen molar-refractivity contribution < 1.29 is 19.1 Å². The van der Waals surface area contributed by atoms with Gasteiger partial charge >= 0.3 is 12.1 Å². The number of aliphatic imine (C=N–C) groups is 1. The smallest absolute Gasteiger partial charge is 0.410 e. The lowest BCUT2D eigenvalue weighted by Gasteiger charge is -2.30. The van der Waals surface area contributed by atoms with E-state index in [0.29, 0.717) is 13.0 Å². The average Bonchev–Trinajstić information content (AvgIpc) is 2.94. The summed E-state index contributed by atoms with van der Waals surface area (Å²) in [5.41, 5.74) is -0.514. The molecule has 0 saturated carbocycles. The fraction of sp³-hybridized carbons (Fsp3) is 0.800.